The van der Waals surface area contributed by atoms with Gasteiger partial charge in [0, 0.05) is 7.11 Å². The fourth-order valence-corrected chi connectivity index (χ4v) is 2.18. The first kappa shape index (κ1) is 9.69. The Kier molecular flexibility index (Phi) is 2.85. The van der Waals surface area contributed by atoms with Crippen molar-refractivity contribution in [2.45, 2.75) is 25.5 Å². The summed E-state index contributed by atoms with van der Waals surface area (Å²) < 4.78 is 5.47. The predicted octanol–water partition coefficient (Wildman–Crippen LogP) is 2.04. The zero-order valence-corrected chi connectivity index (χ0v) is 8.79. The van der Waals surface area contributed by atoms with Crippen molar-refractivity contribution in [1.29, 1.82) is 0 Å². The van der Waals surface area contributed by atoms with Crippen LogP contribution in [0.3, 0.4) is 0 Å². The van der Waals surface area contributed by atoms with E-state index in [-0.39, 0.29) is 0 Å². The van der Waals surface area contributed by atoms with Crippen LogP contribution in [-0.4, -0.2) is 19.8 Å². The minimum absolute atomic E-state index is 0.330. The van der Waals surface area contributed by atoms with E-state index in [2.05, 4.69) is 36.5 Å². The molecular formula is C12H17NO. The van der Waals surface area contributed by atoms with Gasteiger partial charge in [-0.25, -0.2) is 0 Å². The van der Waals surface area contributed by atoms with Gasteiger partial charge in [0.2, 0.25) is 0 Å². The highest BCUT2D eigenvalue weighted by Crippen LogP contribution is 2.27. The lowest BCUT2D eigenvalue weighted by molar-refractivity contribution is 0.0918. The number of rotatable bonds is 2. The van der Waals surface area contributed by atoms with E-state index in [1.807, 2.05) is 0 Å². The average Bonchev–Trinajstić information content (AvgIpc) is 2.66. The quantitative estimate of drug-likeness (QED) is 0.772. The van der Waals surface area contributed by atoms with Gasteiger partial charge in [-0.1, -0.05) is 24.3 Å². The molecule has 2 atom stereocenters. The van der Waals surface area contributed by atoms with E-state index < -0.39 is 0 Å². The van der Waals surface area contributed by atoms with Crippen molar-refractivity contribution < 1.29 is 4.74 Å². The third-order valence-electron chi connectivity index (χ3n) is 2.99. The van der Waals surface area contributed by atoms with Gasteiger partial charge in [-0.2, -0.15) is 0 Å². The summed E-state index contributed by atoms with van der Waals surface area (Å²) in [5.74, 6) is 0. The van der Waals surface area contributed by atoms with E-state index >= 15 is 0 Å². The summed E-state index contributed by atoms with van der Waals surface area (Å²) in [6, 6.07) is 8.89. The van der Waals surface area contributed by atoms with Crippen LogP contribution in [0, 0.1) is 6.92 Å². The molecule has 1 heterocycles. The molecule has 1 fully saturated rings. The van der Waals surface area contributed by atoms with Gasteiger partial charge in [0.25, 0.3) is 0 Å². The lowest BCUT2D eigenvalue weighted by Crippen LogP contribution is -2.23. The molecule has 0 aliphatic carbocycles. The summed E-state index contributed by atoms with van der Waals surface area (Å²) in [6.45, 7) is 3.21. The van der Waals surface area contributed by atoms with Gasteiger partial charge in [0.15, 0.2) is 0 Å². The van der Waals surface area contributed by atoms with Crippen LogP contribution in [0.15, 0.2) is 24.3 Å². The SMILES string of the molecule is COC1CCNC1c1ccccc1C. The summed E-state index contributed by atoms with van der Waals surface area (Å²) in [6.07, 6.45) is 1.44. The average molecular weight is 191 g/mol. The Morgan fingerprint density at radius 1 is 1.36 bits per heavy atom. The molecule has 1 aromatic rings. The van der Waals surface area contributed by atoms with Crippen LogP contribution in [-0.2, 0) is 4.74 Å². The molecule has 1 aliphatic heterocycles. The van der Waals surface area contributed by atoms with Crippen molar-refractivity contribution in [3.8, 4) is 0 Å². The Bertz CT molecular complexity index is 311. The number of benzene rings is 1. The summed E-state index contributed by atoms with van der Waals surface area (Å²) >= 11 is 0. The van der Waals surface area contributed by atoms with E-state index in [0.29, 0.717) is 12.1 Å². The molecule has 1 N–H and O–H groups in total. The van der Waals surface area contributed by atoms with Crippen molar-refractivity contribution in [3.63, 3.8) is 0 Å². The van der Waals surface area contributed by atoms with Crippen molar-refractivity contribution in [2.75, 3.05) is 13.7 Å². The predicted molar refractivity (Wildman–Crippen MR) is 57.3 cm³/mol. The molecule has 2 rings (SSSR count). The Balaban J connectivity index is 2.26. The Labute approximate surface area is 85.3 Å². The summed E-state index contributed by atoms with van der Waals surface area (Å²) in [5.41, 5.74) is 2.71. The minimum Gasteiger partial charge on any atom is -0.379 e. The van der Waals surface area contributed by atoms with Crippen LogP contribution in [0.4, 0.5) is 0 Å². The molecule has 1 aliphatic rings. The van der Waals surface area contributed by atoms with E-state index in [1.165, 1.54) is 11.1 Å². The van der Waals surface area contributed by atoms with Gasteiger partial charge in [-0.05, 0) is 31.0 Å². The first-order chi connectivity index (χ1) is 6.83. The second-order valence-corrected chi connectivity index (χ2v) is 3.85. The lowest BCUT2D eigenvalue weighted by atomic mass is 9.98. The summed E-state index contributed by atoms with van der Waals surface area (Å²) in [5, 5.41) is 3.49. The lowest BCUT2D eigenvalue weighted by Gasteiger charge is -2.20. The first-order valence-corrected chi connectivity index (χ1v) is 5.14. The van der Waals surface area contributed by atoms with Crippen LogP contribution in [0.1, 0.15) is 23.6 Å². The summed E-state index contributed by atoms with van der Waals surface area (Å²) in [4.78, 5) is 0. The normalized spacial score (nSPS) is 26.7. The number of hydrogen-bond acceptors (Lipinski definition) is 2. The van der Waals surface area contributed by atoms with Crippen LogP contribution >= 0.6 is 0 Å². The third kappa shape index (κ3) is 1.68. The number of nitrogens with one attached hydrogen (secondary N) is 1. The molecule has 2 unspecified atom stereocenters. The van der Waals surface area contributed by atoms with Gasteiger partial charge in [-0.15, -0.1) is 0 Å². The van der Waals surface area contributed by atoms with Gasteiger partial charge < -0.3 is 10.1 Å². The van der Waals surface area contributed by atoms with Gasteiger partial charge in [0.05, 0.1) is 12.1 Å². The topological polar surface area (TPSA) is 21.3 Å². The fraction of sp³-hybridized carbons (Fsp3) is 0.500. The van der Waals surface area contributed by atoms with E-state index in [9.17, 15) is 0 Å². The molecular weight excluding hydrogens is 174 g/mol. The zero-order chi connectivity index (χ0) is 9.97. The fourth-order valence-electron chi connectivity index (χ4n) is 2.18. The van der Waals surface area contributed by atoms with Crippen molar-refractivity contribution in [2.24, 2.45) is 0 Å². The van der Waals surface area contributed by atoms with Gasteiger partial charge >= 0.3 is 0 Å². The monoisotopic (exact) mass is 191 g/mol. The maximum Gasteiger partial charge on any atom is 0.0778 e. The van der Waals surface area contributed by atoms with Gasteiger partial charge in [0.1, 0.15) is 0 Å². The number of ether oxygens (including phenoxy) is 1. The smallest absolute Gasteiger partial charge is 0.0778 e. The summed E-state index contributed by atoms with van der Waals surface area (Å²) in [7, 11) is 1.79. The molecule has 0 aromatic heterocycles. The minimum atomic E-state index is 0.330. The molecule has 0 radical (unpaired) electrons. The standard InChI is InChI=1S/C12H17NO/c1-9-5-3-4-6-10(9)12-11(14-2)7-8-13-12/h3-6,11-13H,7-8H2,1-2H3. The van der Waals surface area contributed by atoms with Crippen LogP contribution in [0.5, 0.6) is 0 Å². The van der Waals surface area contributed by atoms with E-state index in [4.69, 9.17) is 4.74 Å². The van der Waals surface area contributed by atoms with Crippen LogP contribution in [0.2, 0.25) is 0 Å². The number of methoxy groups -OCH3 is 1. The van der Waals surface area contributed by atoms with E-state index in [0.717, 1.165) is 13.0 Å². The van der Waals surface area contributed by atoms with E-state index in [1.54, 1.807) is 7.11 Å². The van der Waals surface area contributed by atoms with Gasteiger partial charge in [-0.3, -0.25) is 0 Å². The Morgan fingerprint density at radius 3 is 2.86 bits per heavy atom. The Hall–Kier alpha value is -0.860. The van der Waals surface area contributed by atoms with Crippen LogP contribution in [0.25, 0.3) is 0 Å². The molecule has 2 heteroatoms. The third-order valence-corrected chi connectivity index (χ3v) is 2.99. The molecule has 1 saturated heterocycles. The Morgan fingerprint density at radius 2 is 2.14 bits per heavy atom. The maximum absolute atomic E-state index is 5.47. The first-order valence-electron chi connectivity index (χ1n) is 5.14. The second kappa shape index (κ2) is 4.11. The largest absolute Gasteiger partial charge is 0.379 e. The molecule has 0 spiro atoms. The highest BCUT2D eigenvalue weighted by molar-refractivity contribution is 5.30. The van der Waals surface area contributed by atoms with Crippen molar-refractivity contribution >= 4 is 0 Å². The molecule has 1 aromatic carbocycles. The highest BCUT2D eigenvalue weighted by Gasteiger charge is 2.28. The molecule has 0 bridgehead atoms. The maximum atomic E-state index is 5.47. The molecule has 2 nitrogen and oxygen atoms in total. The molecule has 14 heavy (non-hydrogen) atoms. The van der Waals surface area contributed by atoms with Crippen molar-refractivity contribution in [1.82, 2.24) is 5.32 Å². The highest BCUT2D eigenvalue weighted by atomic mass is 16.5. The number of aryl methyl sites for hydroxylation is 1. The molecule has 0 saturated carbocycles. The van der Waals surface area contributed by atoms with Crippen LogP contribution < -0.4 is 5.32 Å². The molecule has 0 amide bonds. The number of hydrogen-bond donors (Lipinski definition) is 1. The zero-order valence-electron chi connectivity index (χ0n) is 8.79. The van der Waals surface area contributed by atoms with Crippen molar-refractivity contribution in [3.05, 3.63) is 35.4 Å². The second-order valence-electron chi connectivity index (χ2n) is 3.85. The molecule has 76 valence electrons.